The van der Waals surface area contributed by atoms with Gasteiger partial charge in [-0.2, -0.15) is 8.78 Å². The van der Waals surface area contributed by atoms with Gasteiger partial charge in [0.15, 0.2) is 12.0 Å². The third-order valence-corrected chi connectivity index (χ3v) is 2.40. The molecule has 0 amide bonds. The van der Waals surface area contributed by atoms with Crippen molar-refractivity contribution in [3.63, 3.8) is 0 Å². The number of para-hydroxylation sites is 1. The van der Waals surface area contributed by atoms with E-state index in [1.165, 1.54) is 10.7 Å². The van der Waals surface area contributed by atoms with Gasteiger partial charge in [-0.15, -0.1) is 14.8 Å². The third kappa shape index (κ3) is 1.79. The first kappa shape index (κ1) is 10.7. The topological polar surface area (TPSA) is 55.2 Å². The second-order valence-corrected chi connectivity index (χ2v) is 3.52. The van der Waals surface area contributed by atoms with E-state index >= 15 is 0 Å². The summed E-state index contributed by atoms with van der Waals surface area (Å²) in [6.45, 7) is -2.87. The van der Waals surface area contributed by atoms with Crippen LogP contribution in [0.15, 0.2) is 30.3 Å². The second kappa shape index (κ2) is 4.10. The number of hydrogen-bond acceptors (Lipinski definition) is 3. The number of H-pyrrole nitrogens is 1. The maximum absolute atomic E-state index is 12.3. The van der Waals surface area contributed by atoms with E-state index in [9.17, 15) is 8.78 Å². The zero-order valence-electron chi connectivity index (χ0n) is 8.97. The summed E-state index contributed by atoms with van der Waals surface area (Å²) < 4.78 is 30.4. The molecular weight excluding hydrogens is 242 g/mol. The van der Waals surface area contributed by atoms with Gasteiger partial charge in [0.1, 0.15) is 11.4 Å². The molecule has 0 bridgehead atoms. The minimum absolute atomic E-state index is 0.0808. The fourth-order valence-corrected chi connectivity index (χ4v) is 1.67. The Kier molecular flexibility index (Phi) is 2.44. The van der Waals surface area contributed by atoms with Gasteiger partial charge in [0.2, 0.25) is 0 Å². The molecule has 7 heteroatoms. The van der Waals surface area contributed by atoms with Crippen molar-refractivity contribution in [3.05, 3.63) is 36.7 Å². The van der Waals surface area contributed by atoms with E-state index in [2.05, 4.69) is 26.2 Å². The van der Waals surface area contributed by atoms with Gasteiger partial charge in [-0.25, -0.2) is 0 Å². The molecule has 0 spiro atoms. The van der Waals surface area contributed by atoms with Crippen molar-refractivity contribution in [2.75, 3.05) is 0 Å². The molecule has 2 heterocycles. The molecule has 0 aliphatic heterocycles. The summed E-state index contributed by atoms with van der Waals surface area (Å²) in [5, 5.41) is 7.92. The smallest absolute Gasteiger partial charge is 0.387 e. The van der Waals surface area contributed by atoms with E-state index in [-0.39, 0.29) is 5.75 Å². The highest BCUT2D eigenvalue weighted by atomic mass is 19.3. The number of rotatable bonds is 3. The third-order valence-electron chi connectivity index (χ3n) is 2.40. The molecule has 2 aromatic heterocycles. The predicted molar refractivity (Wildman–Crippen MR) is 58.2 cm³/mol. The van der Waals surface area contributed by atoms with E-state index in [1.807, 2.05) is 0 Å². The molecule has 0 aliphatic carbocycles. The molecule has 91 valence electrons. The Morgan fingerprint density at radius 3 is 2.94 bits per heavy atom. The van der Waals surface area contributed by atoms with Crippen molar-refractivity contribution in [1.82, 2.24) is 19.8 Å². The molecule has 0 fully saturated rings. The molecule has 18 heavy (non-hydrogen) atoms. The van der Waals surface area contributed by atoms with Crippen LogP contribution in [0, 0.1) is 6.33 Å². The highest BCUT2D eigenvalue weighted by molar-refractivity contribution is 5.69. The minimum Gasteiger partial charge on any atom is -0.434 e. The van der Waals surface area contributed by atoms with E-state index in [1.54, 1.807) is 24.3 Å². The average molecular weight is 249 g/mol. The molecule has 0 aliphatic rings. The fourth-order valence-electron chi connectivity index (χ4n) is 1.67. The summed E-state index contributed by atoms with van der Waals surface area (Å²) in [6.07, 6.45) is 2.52. The second-order valence-electron chi connectivity index (χ2n) is 3.52. The summed E-state index contributed by atoms with van der Waals surface area (Å²) in [5.74, 6) is 0.0808. The highest BCUT2D eigenvalue weighted by Crippen LogP contribution is 2.30. The number of hydrogen-bond donors (Lipinski definition) is 1. The first-order chi connectivity index (χ1) is 8.74. The van der Waals surface area contributed by atoms with Gasteiger partial charge in [-0.1, -0.05) is 12.1 Å². The number of fused-ring (bicyclic) bond motifs is 1. The van der Waals surface area contributed by atoms with Crippen LogP contribution < -0.4 is 4.74 Å². The number of ether oxygens (including phenoxy) is 1. The Bertz CT molecular complexity index is 648. The van der Waals surface area contributed by atoms with Crippen LogP contribution in [0.25, 0.3) is 16.9 Å². The molecule has 3 rings (SSSR count). The largest absolute Gasteiger partial charge is 0.434 e. The fraction of sp³-hybridized carbons (Fsp3) is 0.0909. The van der Waals surface area contributed by atoms with Crippen LogP contribution in [0.2, 0.25) is 0 Å². The number of nitrogens with one attached hydrogen (secondary N) is 1. The van der Waals surface area contributed by atoms with E-state index in [4.69, 9.17) is 0 Å². The standard InChI is InChI=1S/C11H7F2N4O/c12-11(13)18-9-4-2-1-3-7(9)8-5-10-14-6-15-17(10)16-8/h1-5,11H,(H,14,15). The van der Waals surface area contributed by atoms with Crippen molar-refractivity contribution in [2.45, 2.75) is 6.61 Å². The van der Waals surface area contributed by atoms with Crippen LogP contribution in [0.3, 0.4) is 0 Å². The summed E-state index contributed by atoms with van der Waals surface area (Å²) >= 11 is 0. The summed E-state index contributed by atoms with van der Waals surface area (Å²) in [7, 11) is 0. The molecule has 5 nitrogen and oxygen atoms in total. The van der Waals surface area contributed by atoms with E-state index in [0.717, 1.165) is 0 Å². The number of alkyl halides is 2. The van der Waals surface area contributed by atoms with E-state index < -0.39 is 6.61 Å². The SMILES string of the molecule is FC(F)Oc1ccccc1-c1cc2[nH][c]nn2n1. The molecular formula is C11H7F2N4O. The quantitative estimate of drug-likeness (QED) is 0.773. The Hall–Kier alpha value is -2.44. The Morgan fingerprint density at radius 1 is 1.33 bits per heavy atom. The lowest BCUT2D eigenvalue weighted by atomic mass is 10.1. The first-order valence-electron chi connectivity index (χ1n) is 5.10. The van der Waals surface area contributed by atoms with Gasteiger partial charge in [-0.05, 0) is 12.1 Å². The first-order valence-corrected chi connectivity index (χ1v) is 5.10. The van der Waals surface area contributed by atoms with Crippen LogP contribution in [-0.2, 0) is 0 Å². The summed E-state index contributed by atoms with van der Waals surface area (Å²) in [5.41, 5.74) is 1.60. The molecule has 0 saturated heterocycles. The molecule has 1 N–H and O–H groups in total. The lowest BCUT2D eigenvalue weighted by Gasteiger charge is -2.07. The number of aromatic amines is 1. The lowest BCUT2D eigenvalue weighted by molar-refractivity contribution is -0.0494. The molecule has 0 unspecified atom stereocenters. The number of nitrogens with zero attached hydrogens (tertiary/aromatic N) is 3. The van der Waals surface area contributed by atoms with Crippen molar-refractivity contribution in [1.29, 1.82) is 0 Å². The Labute approximate surface area is 100 Å². The normalized spacial score (nSPS) is 11.3. The maximum atomic E-state index is 12.3. The van der Waals surface area contributed by atoms with Crippen LogP contribution in [0.1, 0.15) is 0 Å². The minimum atomic E-state index is -2.87. The van der Waals surface area contributed by atoms with Gasteiger partial charge in [0.25, 0.3) is 0 Å². The summed E-state index contributed by atoms with van der Waals surface area (Å²) in [4.78, 5) is 2.75. The molecule has 0 atom stereocenters. The molecule has 1 aromatic carbocycles. The van der Waals surface area contributed by atoms with Crippen molar-refractivity contribution in [2.24, 2.45) is 0 Å². The van der Waals surface area contributed by atoms with Gasteiger partial charge in [-0.3, -0.25) is 0 Å². The van der Waals surface area contributed by atoms with E-state index in [0.29, 0.717) is 16.9 Å². The van der Waals surface area contributed by atoms with Gasteiger partial charge in [0, 0.05) is 11.6 Å². The molecule has 3 aromatic rings. The van der Waals surface area contributed by atoms with Crippen LogP contribution in [0.5, 0.6) is 5.75 Å². The van der Waals surface area contributed by atoms with Crippen LogP contribution in [0.4, 0.5) is 8.78 Å². The van der Waals surface area contributed by atoms with Crippen LogP contribution >= 0.6 is 0 Å². The number of aromatic nitrogens is 4. The van der Waals surface area contributed by atoms with Gasteiger partial charge < -0.3 is 9.72 Å². The zero-order valence-corrected chi connectivity index (χ0v) is 8.97. The van der Waals surface area contributed by atoms with Crippen LogP contribution in [-0.4, -0.2) is 26.4 Å². The van der Waals surface area contributed by atoms with Crippen molar-refractivity contribution < 1.29 is 13.5 Å². The molecule has 1 radical (unpaired) electrons. The Morgan fingerprint density at radius 2 is 2.17 bits per heavy atom. The lowest BCUT2D eigenvalue weighted by Crippen LogP contribution is -2.03. The number of benzene rings is 1. The Balaban J connectivity index is 2.08. The zero-order chi connectivity index (χ0) is 12.5. The predicted octanol–water partition coefficient (Wildman–Crippen LogP) is 2.13. The summed E-state index contributed by atoms with van der Waals surface area (Å²) in [6, 6.07) is 8.14. The molecule has 0 saturated carbocycles. The van der Waals surface area contributed by atoms with Crippen molar-refractivity contribution >= 4 is 5.65 Å². The number of halogens is 2. The average Bonchev–Trinajstić information content (AvgIpc) is 2.89. The van der Waals surface area contributed by atoms with Gasteiger partial charge in [0.05, 0.1) is 0 Å². The van der Waals surface area contributed by atoms with Gasteiger partial charge >= 0.3 is 6.61 Å². The van der Waals surface area contributed by atoms with Crippen molar-refractivity contribution in [3.8, 4) is 17.0 Å². The highest BCUT2D eigenvalue weighted by Gasteiger charge is 2.13. The maximum Gasteiger partial charge on any atom is 0.387 e. The monoisotopic (exact) mass is 249 g/mol.